The Kier molecular flexibility index (Phi) is 5.14. The summed E-state index contributed by atoms with van der Waals surface area (Å²) in [5.74, 6) is 0.114. The fourth-order valence-electron chi connectivity index (χ4n) is 2.52. The highest BCUT2D eigenvalue weighted by atomic mass is 19.4. The largest absolute Gasteiger partial charge is 0.508 e. The molecular formula is C20H17F3N2O. The molecule has 0 radical (unpaired) electrons. The van der Waals surface area contributed by atoms with Crippen LogP contribution in [0.5, 0.6) is 5.75 Å². The number of phenolic OH excluding ortho intramolecular Hbond substituents is 1. The van der Waals surface area contributed by atoms with Crippen molar-refractivity contribution in [2.45, 2.75) is 12.7 Å². The van der Waals surface area contributed by atoms with Crippen LogP contribution in [0, 0.1) is 0 Å². The number of anilines is 1. The first-order valence-electron chi connectivity index (χ1n) is 7.97. The first-order valence-corrected chi connectivity index (χ1v) is 7.97. The number of alkyl halides is 3. The Bertz CT molecular complexity index is 862. The van der Waals surface area contributed by atoms with Gasteiger partial charge in [-0.25, -0.2) is 5.43 Å². The molecule has 0 heterocycles. The molecule has 0 aliphatic rings. The van der Waals surface area contributed by atoms with Crippen molar-refractivity contribution in [1.29, 1.82) is 0 Å². The van der Waals surface area contributed by atoms with Gasteiger partial charge >= 0.3 is 6.18 Å². The molecule has 3 aromatic rings. The molecule has 3 nitrogen and oxygen atoms in total. The van der Waals surface area contributed by atoms with Crippen LogP contribution in [0.15, 0.2) is 72.8 Å². The van der Waals surface area contributed by atoms with Gasteiger partial charge in [0, 0.05) is 17.8 Å². The van der Waals surface area contributed by atoms with Crippen molar-refractivity contribution >= 4 is 5.69 Å². The standard InChI is InChI=1S/C20H17F3N2O/c21-20(22,23)17-9-6-14(7-10-17)15-8-11-19(26)16(12-15)13-24-25-18-4-2-1-3-5-18/h1-12,24-26H,13H2. The van der Waals surface area contributed by atoms with Gasteiger partial charge in [-0.15, -0.1) is 0 Å². The van der Waals surface area contributed by atoms with Gasteiger partial charge in [0.2, 0.25) is 0 Å². The van der Waals surface area contributed by atoms with Crippen molar-refractivity contribution in [2.75, 3.05) is 5.43 Å². The summed E-state index contributed by atoms with van der Waals surface area (Å²) in [5.41, 5.74) is 8.23. The molecule has 0 spiro atoms. The van der Waals surface area contributed by atoms with E-state index in [1.807, 2.05) is 30.3 Å². The molecule has 0 saturated heterocycles. The molecular weight excluding hydrogens is 341 g/mol. The number of halogens is 3. The number of aromatic hydroxyl groups is 1. The lowest BCUT2D eigenvalue weighted by Crippen LogP contribution is -2.20. The van der Waals surface area contributed by atoms with Gasteiger partial charge in [0.25, 0.3) is 0 Å². The molecule has 0 amide bonds. The maximum atomic E-state index is 12.7. The van der Waals surface area contributed by atoms with Crippen molar-refractivity contribution in [2.24, 2.45) is 0 Å². The smallest absolute Gasteiger partial charge is 0.416 e. The summed E-state index contributed by atoms with van der Waals surface area (Å²) in [6.45, 7) is 0.342. The fourth-order valence-corrected chi connectivity index (χ4v) is 2.52. The van der Waals surface area contributed by atoms with Gasteiger partial charge < -0.3 is 10.5 Å². The summed E-state index contributed by atoms with van der Waals surface area (Å²) in [6.07, 6.45) is -4.36. The third-order valence-corrected chi connectivity index (χ3v) is 3.91. The third-order valence-electron chi connectivity index (χ3n) is 3.91. The highest BCUT2D eigenvalue weighted by molar-refractivity contribution is 5.66. The predicted molar refractivity (Wildman–Crippen MR) is 95.4 cm³/mol. The zero-order valence-electron chi connectivity index (χ0n) is 13.7. The number of rotatable bonds is 5. The molecule has 3 N–H and O–H groups in total. The normalized spacial score (nSPS) is 11.3. The van der Waals surface area contributed by atoms with Crippen LogP contribution in [0.2, 0.25) is 0 Å². The molecule has 0 unspecified atom stereocenters. The second-order valence-corrected chi connectivity index (χ2v) is 5.76. The molecule has 0 aliphatic carbocycles. The number of benzene rings is 3. The lowest BCUT2D eigenvalue weighted by Gasteiger charge is -2.12. The van der Waals surface area contributed by atoms with Crippen LogP contribution in [-0.4, -0.2) is 5.11 Å². The summed E-state index contributed by atoms with van der Waals surface area (Å²) < 4.78 is 38.0. The number of hydrogen-bond donors (Lipinski definition) is 3. The zero-order chi connectivity index (χ0) is 18.6. The molecule has 3 rings (SSSR count). The quantitative estimate of drug-likeness (QED) is 0.550. The van der Waals surface area contributed by atoms with Gasteiger partial charge in [0.15, 0.2) is 0 Å². The van der Waals surface area contributed by atoms with Crippen LogP contribution < -0.4 is 10.9 Å². The molecule has 0 aromatic heterocycles. The Morgan fingerprint density at radius 1 is 0.808 bits per heavy atom. The summed E-state index contributed by atoms with van der Waals surface area (Å²) in [6, 6.07) is 19.4. The van der Waals surface area contributed by atoms with E-state index in [-0.39, 0.29) is 5.75 Å². The molecule has 26 heavy (non-hydrogen) atoms. The molecule has 0 bridgehead atoms. The third kappa shape index (κ3) is 4.34. The summed E-state index contributed by atoms with van der Waals surface area (Å²) in [5, 5.41) is 10.0. The Morgan fingerprint density at radius 2 is 1.46 bits per heavy atom. The van der Waals surface area contributed by atoms with Crippen LogP contribution >= 0.6 is 0 Å². The second-order valence-electron chi connectivity index (χ2n) is 5.76. The highest BCUT2D eigenvalue weighted by Crippen LogP contribution is 2.32. The topological polar surface area (TPSA) is 44.3 Å². The average Bonchev–Trinajstić information content (AvgIpc) is 2.63. The molecule has 3 aromatic carbocycles. The van der Waals surface area contributed by atoms with Crippen molar-refractivity contribution in [1.82, 2.24) is 5.43 Å². The first-order chi connectivity index (χ1) is 12.4. The number of hydrazine groups is 1. The van der Waals surface area contributed by atoms with E-state index in [2.05, 4.69) is 10.9 Å². The summed E-state index contributed by atoms with van der Waals surface area (Å²) in [4.78, 5) is 0. The van der Waals surface area contributed by atoms with Crippen molar-refractivity contribution < 1.29 is 18.3 Å². The van der Waals surface area contributed by atoms with E-state index in [9.17, 15) is 18.3 Å². The van der Waals surface area contributed by atoms with Crippen molar-refractivity contribution in [3.05, 3.63) is 83.9 Å². The van der Waals surface area contributed by atoms with Gasteiger partial charge in [-0.3, -0.25) is 0 Å². The summed E-state index contributed by atoms with van der Waals surface area (Å²) in [7, 11) is 0. The van der Waals surface area contributed by atoms with E-state index in [0.717, 1.165) is 23.4 Å². The van der Waals surface area contributed by atoms with E-state index >= 15 is 0 Å². The number of nitrogens with one attached hydrogen (secondary N) is 2. The number of phenols is 1. The minimum Gasteiger partial charge on any atom is -0.508 e. The maximum absolute atomic E-state index is 12.7. The molecule has 134 valence electrons. The van der Waals surface area contributed by atoms with E-state index in [1.54, 1.807) is 12.1 Å². The van der Waals surface area contributed by atoms with Gasteiger partial charge in [-0.2, -0.15) is 13.2 Å². The van der Waals surface area contributed by atoms with Crippen LogP contribution in [0.3, 0.4) is 0 Å². The van der Waals surface area contributed by atoms with E-state index in [4.69, 9.17) is 0 Å². The minimum absolute atomic E-state index is 0.114. The van der Waals surface area contributed by atoms with Crippen LogP contribution in [0.25, 0.3) is 11.1 Å². The average molecular weight is 358 g/mol. The van der Waals surface area contributed by atoms with Gasteiger partial charge in [-0.05, 0) is 47.5 Å². The first kappa shape index (κ1) is 17.8. The van der Waals surface area contributed by atoms with Gasteiger partial charge in [-0.1, -0.05) is 36.4 Å². The Balaban J connectivity index is 1.73. The number of para-hydroxylation sites is 1. The van der Waals surface area contributed by atoms with Crippen molar-refractivity contribution in [3.63, 3.8) is 0 Å². The zero-order valence-corrected chi connectivity index (χ0v) is 13.7. The van der Waals surface area contributed by atoms with E-state index < -0.39 is 11.7 Å². The Labute approximate surface area is 149 Å². The lowest BCUT2D eigenvalue weighted by molar-refractivity contribution is -0.137. The highest BCUT2D eigenvalue weighted by Gasteiger charge is 2.29. The molecule has 0 saturated carbocycles. The van der Waals surface area contributed by atoms with Gasteiger partial charge in [0.05, 0.1) is 5.56 Å². The predicted octanol–water partition coefficient (Wildman–Crippen LogP) is 5.19. The molecule has 0 atom stereocenters. The Morgan fingerprint density at radius 3 is 2.12 bits per heavy atom. The van der Waals surface area contributed by atoms with Crippen molar-refractivity contribution in [3.8, 4) is 16.9 Å². The second kappa shape index (κ2) is 7.49. The summed E-state index contributed by atoms with van der Waals surface area (Å²) >= 11 is 0. The van der Waals surface area contributed by atoms with Crippen LogP contribution in [0.1, 0.15) is 11.1 Å². The van der Waals surface area contributed by atoms with E-state index in [0.29, 0.717) is 17.7 Å². The Hall–Kier alpha value is -2.99. The lowest BCUT2D eigenvalue weighted by atomic mass is 10.0. The maximum Gasteiger partial charge on any atom is 0.416 e. The molecule has 0 aliphatic heterocycles. The number of hydrogen-bond acceptors (Lipinski definition) is 3. The fraction of sp³-hybridized carbons (Fsp3) is 0.100. The van der Waals surface area contributed by atoms with Gasteiger partial charge in [0.1, 0.15) is 5.75 Å². The van der Waals surface area contributed by atoms with Crippen LogP contribution in [0.4, 0.5) is 18.9 Å². The SMILES string of the molecule is Oc1ccc(-c2ccc(C(F)(F)F)cc2)cc1CNNc1ccccc1. The molecule has 6 heteroatoms. The monoisotopic (exact) mass is 358 g/mol. The minimum atomic E-state index is -4.36. The van der Waals surface area contributed by atoms with E-state index in [1.165, 1.54) is 18.2 Å². The molecule has 0 fully saturated rings. The van der Waals surface area contributed by atoms with Crippen LogP contribution in [-0.2, 0) is 12.7 Å².